The van der Waals surface area contributed by atoms with Gasteiger partial charge in [0, 0.05) is 30.1 Å². The monoisotopic (exact) mass is 313 g/mol. The molecule has 2 aromatic carbocycles. The summed E-state index contributed by atoms with van der Waals surface area (Å²) in [6.07, 6.45) is 3.49. The van der Waals surface area contributed by atoms with Crippen LogP contribution in [-0.2, 0) is 6.54 Å². The lowest BCUT2D eigenvalue weighted by Crippen LogP contribution is -2.22. The van der Waals surface area contributed by atoms with Gasteiger partial charge in [-0.05, 0) is 41.5 Å². The van der Waals surface area contributed by atoms with Crippen molar-refractivity contribution in [1.82, 2.24) is 10.3 Å². The summed E-state index contributed by atoms with van der Waals surface area (Å²) in [5, 5.41) is 11.7. The third kappa shape index (κ3) is 3.65. The van der Waals surface area contributed by atoms with Crippen LogP contribution in [0.5, 0.6) is 0 Å². The van der Waals surface area contributed by atoms with Crippen molar-refractivity contribution in [2.75, 3.05) is 0 Å². The number of benzene rings is 2. The van der Waals surface area contributed by atoms with Crippen LogP contribution in [0.3, 0.4) is 0 Å². The van der Waals surface area contributed by atoms with Crippen LogP contribution in [0.2, 0.25) is 0 Å². The van der Waals surface area contributed by atoms with Crippen LogP contribution in [-0.4, -0.2) is 10.9 Å². The second-order valence-electron chi connectivity index (χ2n) is 5.31. The Morgan fingerprint density at radius 3 is 2.54 bits per heavy atom. The number of nitrogens with zero attached hydrogens (tertiary/aromatic N) is 2. The molecule has 0 saturated heterocycles. The lowest BCUT2D eigenvalue weighted by atomic mass is 10.0. The van der Waals surface area contributed by atoms with Crippen LogP contribution in [0.4, 0.5) is 0 Å². The van der Waals surface area contributed by atoms with Crippen LogP contribution in [0.25, 0.3) is 11.1 Å². The maximum Gasteiger partial charge on any atom is 0.251 e. The molecule has 1 aromatic heterocycles. The minimum absolute atomic E-state index is 0.134. The van der Waals surface area contributed by atoms with Crippen molar-refractivity contribution in [3.8, 4) is 17.2 Å². The molecule has 3 aromatic rings. The molecule has 0 saturated carbocycles. The largest absolute Gasteiger partial charge is 0.348 e. The molecule has 0 radical (unpaired) electrons. The van der Waals surface area contributed by atoms with Gasteiger partial charge in [-0.1, -0.05) is 30.3 Å². The summed E-state index contributed by atoms with van der Waals surface area (Å²) in [6, 6.07) is 20.5. The third-order valence-electron chi connectivity index (χ3n) is 3.66. The van der Waals surface area contributed by atoms with Crippen LogP contribution in [0.15, 0.2) is 73.1 Å². The molecule has 1 heterocycles. The molecule has 0 aliphatic heterocycles. The fraction of sp³-hybridized carbons (Fsp3) is 0.0500. The number of aromatic nitrogens is 1. The first-order chi connectivity index (χ1) is 11.8. The van der Waals surface area contributed by atoms with E-state index < -0.39 is 0 Å². The highest BCUT2D eigenvalue weighted by Crippen LogP contribution is 2.19. The molecule has 0 unspecified atom stereocenters. The lowest BCUT2D eigenvalue weighted by molar-refractivity contribution is 0.0951. The van der Waals surface area contributed by atoms with Crippen molar-refractivity contribution >= 4 is 5.91 Å². The fourth-order valence-electron chi connectivity index (χ4n) is 2.36. The lowest BCUT2D eigenvalue weighted by Gasteiger charge is -2.07. The Morgan fingerprint density at radius 2 is 1.83 bits per heavy atom. The zero-order valence-corrected chi connectivity index (χ0v) is 12.9. The third-order valence-corrected chi connectivity index (χ3v) is 3.66. The van der Waals surface area contributed by atoms with Crippen LogP contribution in [0, 0.1) is 11.3 Å². The predicted octanol–water partition coefficient (Wildman–Crippen LogP) is 3.55. The van der Waals surface area contributed by atoms with E-state index in [0.717, 1.165) is 16.7 Å². The normalized spacial score (nSPS) is 9.96. The van der Waals surface area contributed by atoms with Gasteiger partial charge in [0.15, 0.2) is 0 Å². The van der Waals surface area contributed by atoms with Gasteiger partial charge in [-0.15, -0.1) is 0 Å². The van der Waals surface area contributed by atoms with Crippen molar-refractivity contribution in [2.24, 2.45) is 0 Å². The van der Waals surface area contributed by atoms with Gasteiger partial charge in [0.25, 0.3) is 5.91 Å². The molecule has 0 aliphatic rings. The second kappa shape index (κ2) is 7.21. The zero-order chi connectivity index (χ0) is 16.8. The number of hydrogen-bond acceptors (Lipinski definition) is 3. The Hall–Kier alpha value is -3.45. The SMILES string of the molecule is N#Cc1ccc(CNC(=O)c2cccc(-c3cccnc3)c2)cc1. The maximum absolute atomic E-state index is 12.3. The number of hydrogen-bond donors (Lipinski definition) is 1. The highest BCUT2D eigenvalue weighted by Gasteiger charge is 2.07. The number of pyridine rings is 1. The summed E-state index contributed by atoms with van der Waals surface area (Å²) in [4.78, 5) is 16.4. The first-order valence-electron chi connectivity index (χ1n) is 7.54. The Morgan fingerprint density at radius 1 is 1.04 bits per heavy atom. The van der Waals surface area contributed by atoms with E-state index in [1.54, 1.807) is 30.6 Å². The molecule has 24 heavy (non-hydrogen) atoms. The zero-order valence-electron chi connectivity index (χ0n) is 12.9. The molecule has 0 aliphatic carbocycles. The second-order valence-corrected chi connectivity index (χ2v) is 5.31. The van der Waals surface area contributed by atoms with Crippen LogP contribution in [0.1, 0.15) is 21.5 Å². The summed E-state index contributed by atoms with van der Waals surface area (Å²) in [6.45, 7) is 0.418. The molecule has 0 atom stereocenters. The van der Waals surface area contributed by atoms with Crippen molar-refractivity contribution in [2.45, 2.75) is 6.54 Å². The summed E-state index contributed by atoms with van der Waals surface area (Å²) >= 11 is 0. The van der Waals surface area contributed by atoms with Gasteiger partial charge in [0.1, 0.15) is 0 Å². The molecule has 0 fully saturated rings. The van der Waals surface area contributed by atoms with Gasteiger partial charge in [0.05, 0.1) is 11.6 Å². The van der Waals surface area contributed by atoms with Gasteiger partial charge in [0.2, 0.25) is 0 Å². The van der Waals surface area contributed by atoms with Gasteiger partial charge in [-0.3, -0.25) is 9.78 Å². The molecule has 116 valence electrons. The Labute approximate surface area is 140 Å². The summed E-state index contributed by atoms with van der Waals surface area (Å²) in [5.41, 5.74) is 4.08. The molecule has 4 nitrogen and oxygen atoms in total. The molecule has 3 rings (SSSR count). The van der Waals surface area contributed by atoms with E-state index in [9.17, 15) is 4.79 Å². The fourth-order valence-corrected chi connectivity index (χ4v) is 2.36. The number of carbonyl (C=O) groups excluding carboxylic acids is 1. The van der Waals surface area contributed by atoms with E-state index in [2.05, 4.69) is 16.4 Å². The Bertz CT molecular complexity index is 881. The van der Waals surface area contributed by atoms with E-state index in [1.807, 2.05) is 42.5 Å². The molecular formula is C20H15N3O. The van der Waals surface area contributed by atoms with Crippen molar-refractivity contribution < 1.29 is 4.79 Å². The molecule has 0 bridgehead atoms. The molecule has 1 amide bonds. The molecule has 4 heteroatoms. The first kappa shape index (κ1) is 15.4. The van der Waals surface area contributed by atoms with Crippen molar-refractivity contribution in [1.29, 1.82) is 5.26 Å². The van der Waals surface area contributed by atoms with Gasteiger partial charge >= 0.3 is 0 Å². The van der Waals surface area contributed by atoms with Crippen molar-refractivity contribution in [3.63, 3.8) is 0 Å². The number of rotatable bonds is 4. The number of amides is 1. The van der Waals surface area contributed by atoms with Crippen LogP contribution >= 0.6 is 0 Å². The highest BCUT2D eigenvalue weighted by atomic mass is 16.1. The molecule has 1 N–H and O–H groups in total. The molecular weight excluding hydrogens is 298 g/mol. The average Bonchev–Trinajstić information content (AvgIpc) is 2.67. The van der Waals surface area contributed by atoms with Gasteiger partial charge < -0.3 is 5.32 Å². The van der Waals surface area contributed by atoms with Crippen molar-refractivity contribution in [3.05, 3.63) is 89.7 Å². The summed E-state index contributed by atoms with van der Waals surface area (Å²) < 4.78 is 0. The minimum Gasteiger partial charge on any atom is -0.348 e. The Kier molecular flexibility index (Phi) is 4.64. The summed E-state index contributed by atoms with van der Waals surface area (Å²) in [5.74, 6) is -0.134. The van der Waals surface area contributed by atoms with E-state index in [-0.39, 0.29) is 5.91 Å². The first-order valence-corrected chi connectivity index (χ1v) is 7.54. The topological polar surface area (TPSA) is 65.8 Å². The minimum atomic E-state index is -0.134. The number of nitriles is 1. The van der Waals surface area contributed by atoms with E-state index in [0.29, 0.717) is 17.7 Å². The van der Waals surface area contributed by atoms with E-state index >= 15 is 0 Å². The smallest absolute Gasteiger partial charge is 0.251 e. The maximum atomic E-state index is 12.3. The molecule has 0 spiro atoms. The quantitative estimate of drug-likeness (QED) is 0.801. The standard InChI is InChI=1S/C20H15N3O/c21-12-15-6-8-16(9-7-15)13-23-20(24)18-4-1-3-17(11-18)19-5-2-10-22-14-19/h1-11,14H,13H2,(H,23,24). The van der Waals surface area contributed by atoms with Gasteiger partial charge in [-0.25, -0.2) is 0 Å². The van der Waals surface area contributed by atoms with Gasteiger partial charge in [-0.2, -0.15) is 5.26 Å². The van der Waals surface area contributed by atoms with E-state index in [1.165, 1.54) is 0 Å². The summed E-state index contributed by atoms with van der Waals surface area (Å²) in [7, 11) is 0. The number of nitrogens with one attached hydrogen (secondary N) is 1. The Balaban J connectivity index is 1.70. The number of carbonyl (C=O) groups is 1. The average molecular weight is 313 g/mol. The van der Waals surface area contributed by atoms with E-state index in [4.69, 9.17) is 5.26 Å². The highest BCUT2D eigenvalue weighted by molar-refractivity contribution is 5.95. The van der Waals surface area contributed by atoms with Crippen LogP contribution < -0.4 is 5.32 Å². The predicted molar refractivity (Wildman–Crippen MR) is 92.0 cm³/mol.